The summed E-state index contributed by atoms with van der Waals surface area (Å²) in [6.07, 6.45) is -1.05. The van der Waals surface area contributed by atoms with Crippen LogP contribution < -0.4 is 5.32 Å². The van der Waals surface area contributed by atoms with Crippen LogP contribution in [0.4, 0.5) is 13.2 Å². The molecule has 1 aromatic rings. The molecule has 1 aromatic heterocycles. The highest BCUT2D eigenvalue weighted by Crippen LogP contribution is 1.98. The van der Waals surface area contributed by atoms with Crippen LogP contribution >= 0.6 is 0 Å². The van der Waals surface area contributed by atoms with Crippen LogP contribution in [-0.4, -0.2) is 18.0 Å². The highest BCUT2D eigenvalue weighted by molar-refractivity contribution is 5.08. The quantitative estimate of drug-likeness (QED) is 0.729. The molecular weight excluding hydrogens is 181 g/mol. The molecule has 0 spiro atoms. The van der Waals surface area contributed by atoms with Crippen molar-refractivity contribution in [2.45, 2.75) is 13.0 Å². The first-order valence-electron chi connectivity index (χ1n) is 3.78. The molecule has 0 saturated heterocycles. The molecule has 0 atom stereocenters. The molecule has 5 heteroatoms. The van der Waals surface area contributed by atoms with E-state index in [1.165, 1.54) is 18.3 Å². The van der Waals surface area contributed by atoms with Crippen molar-refractivity contribution in [2.24, 2.45) is 0 Å². The van der Waals surface area contributed by atoms with Crippen LogP contribution in [0.3, 0.4) is 0 Å². The van der Waals surface area contributed by atoms with Gasteiger partial charge in [0.2, 0.25) is 5.95 Å². The minimum absolute atomic E-state index is 0.275. The number of hydrogen-bond donors (Lipinski definition) is 1. The van der Waals surface area contributed by atoms with Gasteiger partial charge >= 0.3 is 0 Å². The second-order valence-electron chi connectivity index (χ2n) is 2.51. The van der Waals surface area contributed by atoms with Gasteiger partial charge in [-0.1, -0.05) is 6.07 Å². The number of hydrogen-bond acceptors (Lipinski definition) is 2. The Balaban J connectivity index is 2.33. The molecule has 72 valence electrons. The maximum Gasteiger partial charge on any atom is 0.250 e. The molecule has 1 rings (SSSR count). The van der Waals surface area contributed by atoms with Crippen molar-refractivity contribution < 1.29 is 13.2 Å². The minimum atomic E-state index is -2.37. The van der Waals surface area contributed by atoms with E-state index >= 15 is 0 Å². The molecule has 0 radical (unpaired) electrons. The Morgan fingerprint density at radius 3 is 2.69 bits per heavy atom. The van der Waals surface area contributed by atoms with Gasteiger partial charge in [0.25, 0.3) is 6.43 Å². The lowest BCUT2D eigenvalue weighted by Crippen LogP contribution is -2.20. The van der Waals surface area contributed by atoms with Gasteiger partial charge in [-0.05, 0) is 11.6 Å². The molecule has 0 aliphatic rings. The number of alkyl halides is 2. The van der Waals surface area contributed by atoms with Crippen molar-refractivity contribution in [3.63, 3.8) is 0 Å². The Kier molecular flexibility index (Phi) is 3.70. The fraction of sp³-hybridized carbons (Fsp3) is 0.375. The van der Waals surface area contributed by atoms with Crippen LogP contribution in [0.5, 0.6) is 0 Å². The van der Waals surface area contributed by atoms with Gasteiger partial charge in [-0.15, -0.1) is 0 Å². The van der Waals surface area contributed by atoms with Crippen molar-refractivity contribution in [1.82, 2.24) is 10.3 Å². The summed E-state index contributed by atoms with van der Waals surface area (Å²) in [4.78, 5) is 3.38. The molecule has 0 unspecified atom stereocenters. The first-order chi connectivity index (χ1) is 6.18. The Labute approximate surface area is 73.8 Å². The minimum Gasteiger partial charge on any atom is -0.307 e. The van der Waals surface area contributed by atoms with E-state index in [1.54, 1.807) is 0 Å². The van der Waals surface area contributed by atoms with Gasteiger partial charge in [0.1, 0.15) is 0 Å². The van der Waals surface area contributed by atoms with Crippen molar-refractivity contribution in [3.05, 3.63) is 29.8 Å². The summed E-state index contributed by atoms with van der Waals surface area (Å²) in [5.74, 6) is -0.572. The van der Waals surface area contributed by atoms with Crippen LogP contribution in [0.2, 0.25) is 0 Å². The molecule has 0 aliphatic heterocycles. The van der Waals surface area contributed by atoms with E-state index in [0.717, 1.165) is 0 Å². The summed E-state index contributed by atoms with van der Waals surface area (Å²) >= 11 is 0. The molecule has 0 aromatic carbocycles. The van der Waals surface area contributed by atoms with Crippen LogP contribution in [0.15, 0.2) is 18.3 Å². The average Bonchev–Trinajstić information content (AvgIpc) is 2.08. The van der Waals surface area contributed by atoms with E-state index in [0.29, 0.717) is 5.56 Å². The van der Waals surface area contributed by atoms with Crippen molar-refractivity contribution in [1.29, 1.82) is 0 Å². The van der Waals surface area contributed by atoms with E-state index in [9.17, 15) is 13.2 Å². The van der Waals surface area contributed by atoms with Gasteiger partial charge in [-0.25, -0.2) is 13.8 Å². The number of halogens is 3. The number of rotatable bonds is 4. The summed E-state index contributed by atoms with van der Waals surface area (Å²) < 4.78 is 35.6. The van der Waals surface area contributed by atoms with Crippen LogP contribution in [0, 0.1) is 5.95 Å². The van der Waals surface area contributed by atoms with Crippen LogP contribution in [0.25, 0.3) is 0 Å². The molecular formula is C8H9F3N2. The molecule has 0 aliphatic carbocycles. The summed E-state index contributed by atoms with van der Waals surface area (Å²) in [5, 5.41) is 2.51. The summed E-state index contributed by atoms with van der Waals surface area (Å²) in [5.41, 5.74) is 0.682. The van der Waals surface area contributed by atoms with Crippen LogP contribution in [-0.2, 0) is 6.54 Å². The second kappa shape index (κ2) is 4.81. The van der Waals surface area contributed by atoms with Crippen molar-refractivity contribution in [2.75, 3.05) is 6.54 Å². The molecule has 2 nitrogen and oxygen atoms in total. The molecule has 0 saturated carbocycles. The summed E-state index contributed by atoms with van der Waals surface area (Å²) in [6.45, 7) is -0.0883. The monoisotopic (exact) mass is 190 g/mol. The first-order valence-corrected chi connectivity index (χ1v) is 3.78. The Bertz CT molecular complexity index is 248. The highest BCUT2D eigenvalue weighted by Gasteiger charge is 2.00. The highest BCUT2D eigenvalue weighted by atomic mass is 19.3. The Morgan fingerprint density at radius 2 is 2.15 bits per heavy atom. The first kappa shape index (κ1) is 9.98. The second-order valence-corrected chi connectivity index (χ2v) is 2.51. The van der Waals surface area contributed by atoms with Gasteiger partial charge in [0.05, 0.1) is 6.54 Å². The molecule has 1 heterocycles. The number of pyridine rings is 1. The molecule has 0 bridgehead atoms. The fourth-order valence-corrected chi connectivity index (χ4v) is 0.837. The molecule has 0 amide bonds. The third-order valence-corrected chi connectivity index (χ3v) is 1.42. The lowest BCUT2D eigenvalue weighted by atomic mass is 10.3. The average molecular weight is 190 g/mol. The van der Waals surface area contributed by atoms with Gasteiger partial charge in [0, 0.05) is 12.7 Å². The zero-order valence-electron chi connectivity index (χ0n) is 6.80. The SMILES string of the molecule is Fc1ccc(CNCC(F)F)cn1. The number of aromatic nitrogens is 1. The van der Waals surface area contributed by atoms with E-state index in [1.807, 2.05) is 0 Å². The smallest absolute Gasteiger partial charge is 0.250 e. The normalized spacial score (nSPS) is 10.8. The van der Waals surface area contributed by atoms with Crippen molar-refractivity contribution >= 4 is 0 Å². The predicted octanol–water partition coefficient (Wildman–Crippen LogP) is 1.58. The standard InChI is InChI=1S/C8H9F3N2/c9-7(10)5-12-3-6-1-2-8(11)13-4-6/h1-2,4,7,12H,3,5H2. The Morgan fingerprint density at radius 1 is 1.38 bits per heavy atom. The lowest BCUT2D eigenvalue weighted by Gasteiger charge is -2.02. The topological polar surface area (TPSA) is 24.9 Å². The van der Waals surface area contributed by atoms with Gasteiger partial charge < -0.3 is 5.32 Å². The molecule has 0 fully saturated rings. The van der Waals surface area contributed by atoms with E-state index in [4.69, 9.17) is 0 Å². The van der Waals surface area contributed by atoms with E-state index < -0.39 is 12.4 Å². The van der Waals surface area contributed by atoms with Gasteiger partial charge in [0.15, 0.2) is 0 Å². The summed E-state index contributed by atoms with van der Waals surface area (Å²) in [6, 6.07) is 2.69. The van der Waals surface area contributed by atoms with E-state index in [2.05, 4.69) is 10.3 Å². The molecule has 1 N–H and O–H groups in total. The summed E-state index contributed by atoms with van der Waals surface area (Å²) in [7, 11) is 0. The maximum atomic E-state index is 12.3. The lowest BCUT2D eigenvalue weighted by molar-refractivity contribution is 0.145. The number of nitrogens with one attached hydrogen (secondary N) is 1. The fourth-order valence-electron chi connectivity index (χ4n) is 0.837. The zero-order valence-corrected chi connectivity index (χ0v) is 6.80. The van der Waals surface area contributed by atoms with Gasteiger partial charge in [-0.2, -0.15) is 4.39 Å². The van der Waals surface area contributed by atoms with Crippen molar-refractivity contribution in [3.8, 4) is 0 Å². The zero-order chi connectivity index (χ0) is 9.68. The number of nitrogens with zero attached hydrogens (tertiary/aromatic N) is 1. The Hall–Kier alpha value is -1.10. The predicted molar refractivity (Wildman–Crippen MR) is 41.9 cm³/mol. The maximum absolute atomic E-state index is 12.3. The third-order valence-electron chi connectivity index (χ3n) is 1.42. The molecule has 13 heavy (non-hydrogen) atoms. The van der Waals surface area contributed by atoms with E-state index in [-0.39, 0.29) is 13.1 Å². The largest absolute Gasteiger partial charge is 0.307 e. The third kappa shape index (κ3) is 3.89. The van der Waals surface area contributed by atoms with Gasteiger partial charge in [-0.3, -0.25) is 0 Å². The van der Waals surface area contributed by atoms with Crippen LogP contribution in [0.1, 0.15) is 5.56 Å².